The molecule has 2 nitrogen and oxygen atoms in total. The van der Waals surface area contributed by atoms with E-state index in [2.05, 4.69) is 21.4 Å². The Hall–Kier alpha value is -1.09. The lowest BCUT2D eigenvalue weighted by molar-refractivity contribution is 0.666. The van der Waals surface area contributed by atoms with Gasteiger partial charge in [0.05, 0.1) is 6.33 Å². The van der Waals surface area contributed by atoms with Crippen LogP contribution >= 0.6 is 11.3 Å². The van der Waals surface area contributed by atoms with Crippen molar-refractivity contribution in [2.75, 3.05) is 0 Å². The van der Waals surface area contributed by atoms with E-state index in [0.29, 0.717) is 0 Å². The zero-order valence-corrected chi connectivity index (χ0v) is 9.13. The van der Waals surface area contributed by atoms with Crippen molar-refractivity contribution in [2.24, 2.45) is 5.92 Å². The van der Waals surface area contributed by atoms with E-state index in [1.165, 1.54) is 18.5 Å². The lowest BCUT2D eigenvalue weighted by Crippen LogP contribution is -1.95. The smallest absolute Gasteiger partial charge is 0.0921 e. The first-order chi connectivity index (χ1) is 7.45. The zero-order valence-electron chi connectivity index (χ0n) is 8.31. The highest BCUT2D eigenvalue weighted by molar-refractivity contribution is 7.10. The number of H-pyrrole nitrogens is 1. The quantitative estimate of drug-likeness (QED) is 0.780. The van der Waals surface area contributed by atoms with E-state index in [1.54, 1.807) is 16.8 Å². The topological polar surface area (TPSA) is 28.7 Å². The number of nitrogens with one attached hydrogen (secondary N) is 1. The maximum atomic E-state index is 4.13. The average Bonchev–Trinajstić information content (AvgIpc) is 2.75. The molecule has 0 radical (unpaired) electrons. The molecular formula is C12H12N2S. The molecule has 0 spiro atoms. The minimum atomic E-state index is 0.725. The van der Waals surface area contributed by atoms with Crippen molar-refractivity contribution >= 4 is 11.3 Å². The van der Waals surface area contributed by atoms with Crippen molar-refractivity contribution in [3.63, 3.8) is 0 Å². The van der Waals surface area contributed by atoms with E-state index >= 15 is 0 Å². The third-order valence-electron chi connectivity index (χ3n) is 3.89. The number of nitrogens with zero attached hydrogens (tertiary/aromatic N) is 1. The fraction of sp³-hybridized carbons (Fsp3) is 0.417. The summed E-state index contributed by atoms with van der Waals surface area (Å²) in [7, 11) is 0. The highest BCUT2D eigenvalue weighted by Gasteiger charge is 2.54. The molecule has 2 aromatic heterocycles. The summed E-state index contributed by atoms with van der Waals surface area (Å²) < 4.78 is 0. The van der Waals surface area contributed by atoms with Gasteiger partial charge in [0.15, 0.2) is 0 Å². The Morgan fingerprint density at radius 1 is 1.40 bits per heavy atom. The predicted molar refractivity (Wildman–Crippen MR) is 60.2 cm³/mol. The van der Waals surface area contributed by atoms with Gasteiger partial charge in [-0.3, -0.25) is 0 Å². The van der Waals surface area contributed by atoms with Crippen LogP contribution in [0.2, 0.25) is 0 Å². The van der Waals surface area contributed by atoms with E-state index in [4.69, 9.17) is 0 Å². The van der Waals surface area contributed by atoms with Crippen LogP contribution < -0.4 is 0 Å². The normalized spacial score (nSPS) is 32.1. The molecule has 1 saturated carbocycles. The van der Waals surface area contributed by atoms with Gasteiger partial charge in [-0.1, -0.05) is 0 Å². The lowest BCUT2D eigenvalue weighted by atomic mass is 10.00. The summed E-state index contributed by atoms with van der Waals surface area (Å²) in [4.78, 5) is 9.03. The highest BCUT2D eigenvalue weighted by atomic mass is 32.1. The Morgan fingerprint density at radius 3 is 3.27 bits per heavy atom. The monoisotopic (exact) mass is 216 g/mol. The van der Waals surface area contributed by atoms with Gasteiger partial charge in [-0.15, -0.1) is 11.3 Å². The summed E-state index contributed by atoms with van der Waals surface area (Å²) in [6, 6.07) is 2.33. The van der Waals surface area contributed by atoms with Crippen LogP contribution in [0.25, 0.3) is 0 Å². The summed E-state index contributed by atoms with van der Waals surface area (Å²) in [5.41, 5.74) is 2.96. The molecule has 76 valence electrons. The molecular weight excluding hydrogens is 204 g/mol. The van der Waals surface area contributed by atoms with Crippen LogP contribution in [-0.2, 0) is 6.42 Å². The molecule has 2 aliphatic rings. The van der Waals surface area contributed by atoms with Crippen LogP contribution in [0.15, 0.2) is 24.0 Å². The Kier molecular flexibility index (Phi) is 1.47. The number of imidazole rings is 1. The van der Waals surface area contributed by atoms with Gasteiger partial charge in [0, 0.05) is 22.7 Å². The lowest BCUT2D eigenvalue weighted by Gasteiger charge is -2.07. The number of hydrogen-bond donors (Lipinski definition) is 1. The molecule has 0 aromatic carbocycles. The van der Waals surface area contributed by atoms with Gasteiger partial charge >= 0.3 is 0 Å². The SMILES string of the molecule is c1ncc(C2C3CCc4sccc4C32)[nH]1. The third-order valence-corrected chi connectivity index (χ3v) is 4.89. The van der Waals surface area contributed by atoms with Crippen molar-refractivity contribution in [2.45, 2.75) is 24.7 Å². The number of aromatic amines is 1. The molecule has 3 heteroatoms. The molecule has 2 aliphatic carbocycles. The van der Waals surface area contributed by atoms with Gasteiger partial charge in [-0.05, 0) is 41.7 Å². The van der Waals surface area contributed by atoms with Crippen molar-refractivity contribution < 1.29 is 0 Å². The van der Waals surface area contributed by atoms with Crippen LogP contribution in [0.5, 0.6) is 0 Å². The van der Waals surface area contributed by atoms with Crippen LogP contribution in [0.4, 0.5) is 0 Å². The number of aryl methyl sites for hydroxylation is 1. The minimum absolute atomic E-state index is 0.725. The summed E-state index contributed by atoms with van der Waals surface area (Å²) >= 11 is 1.93. The molecule has 2 heterocycles. The van der Waals surface area contributed by atoms with Crippen LogP contribution in [0, 0.1) is 5.92 Å². The molecule has 1 N–H and O–H groups in total. The van der Waals surface area contributed by atoms with Crippen LogP contribution in [0.1, 0.15) is 34.4 Å². The molecule has 15 heavy (non-hydrogen) atoms. The first-order valence-corrected chi connectivity index (χ1v) is 6.37. The second-order valence-electron chi connectivity index (χ2n) is 4.56. The molecule has 0 aliphatic heterocycles. The fourth-order valence-electron chi connectivity index (χ4n) is 3.18. The maximum absolute atomic E-state index is 4.13. The number of fused-ring (bicyclic) bond motifs is 3. The Balaban J connectivity index is 1.75. The molecule has 1 fully saturated rings. The second-order valence-corrected chi connectivity index (χ2v) is 5.56. The first-order valence-electron chi connectivity index (χ1n) is 5.49. The number of aromatic nitrogens is 2. The number of hydrogen-bond acceptors (Lipinski definition) is 2. The van der Waals surface area contributed by atoms with Crippen molar-refractivity contribution in [1.82, 2.24) is 9.97 Å². The predicted octanol–water partition coefficient (Wildman–Crippen LogP) is 2.91. The van der Waals surface area contributed by atoms with Crippen molar-refractivity contribution in [1.29, 1.82) is 0 Å². The molecule has 0 saturated heterocycles. The Bertz CT molecular complexity index is 485. The Morgan fingerprint density at radius 2 is 2.40 bits per heavy atom. The molecule has 3 unspecified atom stereocenters. The van der Waals surface area contributed by atoms with E-state index in [9.17, 15) is 0 Å². The standard InChI is InChI=1S/C12H12N2S/c1-2-10-7(3-4-15-10)11-8(1)12(11)9-5-13-6-14-9/h3-6,8,11-12H,1-2H2,(H,13,14). The third kappa shape index (κ3) is 1.01. The van der Waals surface area contributed by atoms with Gasteiger partial charge in [0.25, 0.3) is 0 Å². The van der Waals surface area contributed by atoms with Gasteiger partial charge in [-0.25, -0.2) is 4.98 Å². The van der Waals surface area contributed by atoms with Gasteiger partial charge in [0.2, 0.25) is 0 Å². The average molecular weight is 216 g/mol. The van der Waals surface area contributed by atoms with Gasteiger partial charge in [-0.2, -0.15) is 0 Å². The fourth-order valence-corrected chi connectivity index (χ4v) is 4.13. The van der Waals surface area contributed by atoms with E-state index in [1.807, 2.05) is 17.5 Å². The van der Waals surface area contributed by atoms with E-state index in [-0.39, 0.29) is 0 Å². The molecule has 0 bridgehead atoms. The van der Waals surface area contributed by atoms with E-state index < -0.39 is 0 Å². The maximum Gasteiger partial charge on any atom is 0.0921 e. The van der Waals surface area contributed by atoms with Crippen LogP contribution in [-0.4, -0.2) is 9.97 Å². The minimum Gasteiger partial charge on any atom is -0.348 e. The molecule has 0 amide bonds. The number of rotatable bonds is 1. The van der Waals surface area contributed by atoms with Crippen molar-refractivity contribution in [3.05, 3.63) is 40.1 Å². The summed E-state index contributed by atoms with van der Waals surface area (Å²) in [5.74, 6) is 2.40. The summed E-state index contributed by atoms with van der Waals surface area (Å²) in [6.07, 6.45) is 6.45. The van der Waals surface area contributed by atoms with Crippen LogP contribution in [0.3, 0.4) is 0 Å². The molecule has 3 atom stereocenters. The second kappa shape index (κ2) is 2.73. The molecule has 4 rings (SSSR count). The first kappa shape index (κ1) is 8.11. The zero-order chi connectivity index (χ0) is 9.83. The largest absolute Gasteiger partial charge is 0.348 e. The van der Waals surface area contributed by atoms with Gasteiger partial charge in [0.1, 0.15) is 0 Å². The highest BCUT2D eigenvalue weighted by Crippen LogP contribution is 2.65. The van der Waals surface area contributed by atoms with Gasteiger partial charge < -0.3 is 4.98 Å². The number of thiophene rings is 1. The summed E-state index contributed by atoms with van der Waals surface area (Å²) in [5, 5.41) is 2.25. The molecule has 2 aromatic rings. The van der Waals surface area contributed by atoms with E-state index in [0.717, 1.165) is 17.8 Å². The van der Waals surface area contributed by atoms with Crippen molar-refractivity contribution in [3.8, 4) is 0 Å². The Labute approximate surface area is 92.4 Å². The summed E-state index contributed by atoms with van der Waals surface area (Å²) in [6.45, 7) is 0.